The Morgan fingerprint density at radius 2 is 1.78 bits per heavy atom. The second kappa shape index (κ2) is 12.8. The van der Waals surface area contributed by atoms with Crippen molar-refractivity contribution in [2.75, 3.05) is 11.9 Å². The van der Waals surface area contributed by atoms with Crippen LogP contribution in [0, 0.1) is 24.0 Å². The summed E-state index contributed by atoms with van der Waals surface area (Å²) in [6, 6.07) is 8.10. The molecule has 0 saturated carbocycles. The highest BCUT2D eigenvalue weighted by Crippen LogP contribution is 2.42. The zero-order valence-corrected chi connectivity index (χ0v) is 29.4. The third-order valence-electron chi connectivity index (χ3n) is 8.39. The van der Waals surface area contributed by atoms with Gasteiger partial charge in [-0.25, -0.2) is 13.8 Å². The summed E-state index contributed by atoms with van der Waals surface area (Å²) >= 11 is 6.03. The number of carbonyl (C=O) groups is 1. The van der Waals surface area contributed by atoms with E-state index in [-0.39, 0.29) is 34.3 Å². The average Bonchev–Trinajstić information content (AvgIpc) is 3.28. The molecule has 0 amide bonds. The Labute approximate surface area is 276 Å². The molecular formula is C35H48ClF2N5O3. The first-order chi connectivity index (χ1) is 21.1. The van der Waals surface area contributed by atoms with E-state index < -0.39 is 34.2 Å². The Morgan fingerprint density at radius 1 is 1.11 bits per heavy atom. The maximum absolute atomic E-state index is 16.3. The molecule has 3 heterocycles. The number of aliphatic hydroxyl groups is 1. The van der Waals surface area contributed by atoms with Gasteiger partial charge in [-0.3, -0.25) is 14.4 Å². The Morgan fingerprint density at radius 3 is 2.35 bits per heavy atom. The first kappa shape index (κ1) is 35.8. The number of hydrogen-bond acceptors (Lipinski definition) is 7. The molecule has 4 rings (SSSR count). The highest BCUT2D eigenvalue weighted by atomic mass is 35.5. The van der Waals surface area contributed by atoms with Crippen molar-refractivity contribution in [2.24, 2.45) is 5.41 Å². The monoisotopic (exact) mass is 659 g/mol. The zero-order chi connectivity index (χ0) is 34.4. The molecule has 1 aliphatic heterocycles. The van der Waals surface area contributed by atoms with Crippen molar-refractivity contribution in [1.82, 2.24) is 19.7 Å². The molecule has 2 N–H and O–H groups in total. The van der Waals surface area contributed by atoms with E-state index in [4.69, 9.17) is 16.3 Å². The minimum absolute atomic E-state index is 0.0431. The van der Waals surface area contributed by atoms with Gasteiger partial charge in [0.2, 0.25) is 0 Å². The molecule has 1 fully saturated rings. The van der Waals surface area contributed by atoms with Crippen LogP contribution in [-0.2, 0) is 33.6 Å². The predicted octanol–water partition coefficient (Wildman–Crippen LogP) is 7.80. The molecule has 1 saturated heterocycles. The Hall–Kier alpha value is -3.08. The van der Waals surface area contributed by atoms with Crippen LogP contribution < -0.4 is 5.32 Å². The second-order valence-corrected chi connectivity index (χ2v) is 15.6. The lowest BCUT2D eigenvalue weighted by Gasteiger charge is -2.45. The van der Waals surface area contributed by atoms with Gasteiger partial charge >= 0.3 is 5.97 Å². The normalized spacial score (nSPS) is 19.7. The van der Waals surface area contributed by atoms with E-state index in [1.165, 1.54) is 26.0 Å². The number of esters is 1. The lowest BCUT2D eigenvalue weighted by molar-refractivity contribution is -0.172. The van der Waals surface area contributed by atoms with Gasteiger partial charge in [-0.2, -0.15) is 5.10 Å². The maximum atomic E-state index is 16.3. The number of anilines is 2. The summed E-state index contributed by atoms with van der Waals surface area (Å²) in [7, 11) is 0. The SMILES string of the molecule is Cc1cc(Nc2cc(C(C)(C)O)c(F)c(C[C@@]3(C(=O)OC(C)(C)C)CCN(Cc4cccc(Cl)c4F)[C@H](C)C3)n2)nn1C(C)(C)C. The first-order valence-electron chi connectivity index (χ1n) is 15.8. The van der Waals surface area contributed by atoms with E-state index in [9.17, 15) is 14.3 Å². The number of hydrogen-bond donors (Lipinski definition) is 2. The number of rotatable bonds is 8. The van der Waals surface area contributed by atoms with Gasteiger partial charge in [0.25, 0.3) is 0 Å². The molecular weight excluding hydrogens is 612 g/mol. The number of likely N-dealkylation sites (tertiary alicyclic amines) is 1. The topological polar surface area (TPSA) is 92.5 Å². The quantitative estimate of drug-likeness (QED) is 0.238. The number of halogens is 3. The molecule has 3 aromatic rings. The Bertz CT molecular complexity index is 1590. The lowest BCUT2D eigenvalue weighted by Crippen LogP contribution is -2.51. The number of aromatic nitrogens is 3. The fourth-order valence-corrected chi connectivity index (χ4v) is 6.37. The van der Waals surface area contributed by atoms with Gasteiger partial charge in [0.1, 0.15) is 17.2 Å². The standard InChI is InChI=1S/C35H48ClF2N5O3/c1-21-16-28(41-43(21)32(3,4)5)40-27-17-24(34(9,10)45)30(38)26(39-27)19-35(31(44)46-33(6,7)8)14-15-42(22(2)18-35)20-23-12-11-13-25(36)29(23)37/h11-13,16-17,22,45H,14-15,18-20H2,1-10H3,(H,39,40,41)/t22-,35-/m1/s1. The first-order valence-corrected chi connectivity index (χ1v) is 16.1. The van der Waals surface area contributed by atoms with Crippen molar-refractivity contribution in [2.45, 2.75) is 118 Å². The molecule has 2 atom stereocenters. The minimum atomic E-state index is -1.53. The third-order valence-corrected chi connectivity index (χ3v) is 8.69. The summed E-state index contributed by atoms with van der Waals surface area (Å²) in [5.41, 5.74) is -2.19. The van der Waals surface area contributed by atoms with Crippen LogP contribution >= 0.6 is 11.6 Å². The zero-order valence-electron chi connectivity index (χ0n) is 28.7. The molecule has 11 heteroatoms. The van der Waals surface area contributed by atoms with E-state index in [2.05, 4.69) is 20.3 Å². The number of aryl methyl sites for hydroxylation is 1. The van der Waals surface area contributed by atoms with Gasteiger partial charge in [-0.05, 0) is 101 Å². The predicted molar refractivity (Wildman–Crippen MR) is 177 cm³/mol. The van der Waals surface area contributed by atoms with Crippen LogP contribution in [-0.4, -0.2) is 48.9 Å². The summed E-state index contributed by atoms with van der Waals surface area (Å²) in [6.45, 7) is 19.2. The van der Waals surface area contributed by atoms with Gasteiger partial charge in [-0.1, -0.05) is 23.7 Å². The van der Waals surface area contributed by atoms with E-state index in [0.717, 1.165) is 5.69 Å². The van der Waals surface area contributed by atoms with E-state index in [0.29, 0.717) is 43.1 Å². The summed E-state index contributed by atoms with van der Waals surface area (Å²) in [6.07, 6.45) is 0.613. The van der Waals surface area contributed by atoms with Crippen LogP contribution in [0.2, 0.25) is 5.02 Å². The number of benzene rings is 1. The van der Waals surface area contributed by atoms with Crippen molar-refractivity contribution < 1.29 is 23.4 Å². The number of pyridine rings is 1. The van der Waals surface area contributed by atoms with E-state index >= 15 is 4.39 Å². The molecule has 0 radical (unpaired) electrons. The third kappa shape index (κ3) is 8.06. The van der Waals surface area contributed by atoms with Gasteiger partial charge < -0.3 is 15.2 Å². The van der Waals surface area contributed by atoms with E-state index in [1.807, 2.05) is 45.4 Å². The lowest BCUT2D eigenvalue weighted by atomic mass is 9.71. The molecule has 8 nitrogen and oxygen atoms in total. The van der Waals surface area contributed by atoms with Crippen molar-refractivity contribution in [3.05, 3.63) is 69.5 Å². The van der Waals surface area contributed by atoms with Crippen molar-refractivity contribution >= 4 is 29.2 Å². The van der Waals surface area contributed by atoms with Gasteiger partial charge in [-0.15, -0.1) is 0 Å². The number of nitrogens with zero attached hydrogens (tertiary/aromatic N) is 4. The second-order valence-electron chi connectivity index (χ2n) is 15.2. The molecule has 1 aliphatic rings. The van der Waals surface area contributed by atoms with Gasteiger partial charge in [0.05, 0.1) is 27.3 Å². The highest BCUT2D eigenvalue weighted by molar-refractivity contribution is 6.30. The highest BCUT2D eigenvalue weighted by Gasteiger charge is 2.48. The van der Waals surface area contributed by atoms with Crippen LogP contribution in [0.4, 0.5) is 20.4 Å². The Kier molecular flexibility index (Phi) is 9.99. The smallest absolute Gasteiger partial charge is 0.313 e. The fourth-order valence-electron chi connectivity index (χ4n) is 6.18. The van der Waals surface area contributed by atoms with Crippen LogP contribution in [0.25, 0.3) is 0 Å². The molecule has 252 valence electrons. The van der Waals surface area contributed by atoms with Crippen molar-refractivity contribution in [3.63, 3.8) is 0 Å². The molecule has 1 aromatic carbocycles. The van der Waals surface area contributed by atoms with Crippen molar-refractivity contribution in [1.29, 1.82) is 0 Å². The van der Waals surface area contributed by atoms with Gasteiger partial charge in [0.15, 0.2) is 11.6 Å². The van der Waals surface area contributed by atoms with Crippen molar-refractivity contribution in [3.8, 4) is 0 Å². The Balaban J connectivity index is 1.73. The number of carbonyl (C=O) groups excluding carboxylic acids is 1. The molecule has 0 aliphatic carbocycles. The van der Waals surface area contributed by atoms with Crippen LogP contribution in [0.1, 0.15) is 97.7 Å². The largest absolute Gasteiger partial charge is 0.460 e. The summed E-state index contributed by atoms with van der Waals surface area (Å²) in [5, 5.41) is 18.9. The summed E-state index contributed by atoms with van der Waals surface area (Å²) in [5.74, 6) is -0.750. The van der Waals surface area contributed by atoms with Gasteiger partial charge in [0, 0.05) is 41.9 Å². The molecule has 2 aromatic heterocycles. The molecule has 0 unspecified atom stereocenters. The maximum Gasteiger partial charge on any atom is 0.313 e. The number of nitrogens with one attached hydrogen (secondary N) is 1. The molecule has 0 bridgehead atoms. The van der Waals surface area contributed by atoms with Crippen LogP contribution in [0.3, 0.4) is 0 Å². The van der Waals surface area contributed by atoms with E-state index in [1.54, 1.807) is 32.9 Å². The number of ether oxygens (including phenoxy) is 1. The number of piperidine rings is 1. The summed E-state index contributed by atoms with van der Waals surface area (Å²) in [4.78, 5) is 20.8. The summed E-state index contributed by atoms with van der Waals surface area (Å²) < 4.78 is 38.9. The molecule has 0 spiro atoms. The van der Waals surface area contributed by atoms with Crippen LogP contribution in [0.5, 0.6) is 0 Å². The average molecular weight is 660 g/mol. The minimum Gasteiger partial charge on any atom is -0.460 e. The molecule has 46 heavy (non-hydrogen) atoms. The van der Waals surface area contributed by atoms with Crippen LogP contribution in [0.15, 0.2) is 30.3 Å². The fraction of sp³-hybridized carbons (Fsp3) is 0.571.